The fourth-order valence-electron chi connectivity index (χ4n) is 2.45. The molecule has 1 heterocycles. The van der Waals surface area contributed by atoms with E-state index in [4.69, 9.17) is 20.9 Å². The van der Waals surface area contributed by atoms with Crippen LogP contribution in [0.2, 0.25) is 0 Å². The number of fused-ring (bicyclic) bond motifs is 1. The number of ether oxygens (including phenoxy) is 2. The van der Waals surface area contributed by atoms with E-state index < -0.39 is 6.67 Å². The number of benzene rings is 2. The molecule has 3 rings (SSSR count). The molecule has 0 aliphatic heterocycles. The Labute approximate surface area is 163 Å². The molecule has 136 valence electrons. The van der Waals surface area contributed by atoms with Crippen LogP contribution in [-0.4, -0.2) is 36.5 Å². The summed E-state index contributed by atoms with van der Waals surface area (Å²) >= 11 is 2.23. The summed E-state index contributed by atoms with van der Waals surface area (Å²) in [5.74, 6) is 1.37. The zero-order valence-electron chi connectivity index (χ0n) is 13.9. The van der Waals surface area contributed by atoms with Gasteiger partial charge < -0.3 is 20.9 Å². The van der Waals surface area contributed by atoms with E-state index >= 15 is 0 Å². The number of anilines is 2. The van der Waals surface area contributed by atoms with Crippen LogP contribution in [0.1, 0.15) is 0 Å². The zero-order chi connectivity index (χ0) is 18.5. The minimum atomic E-state index is -0.518. The van der Waals surface area contributed by atoms with Gasteiger partial charge in [-0.15, -0.1) is 0 Å². The van der Waals surface area contributed by atoms with Crippen LogP contribution in [0.5, 0.6) is 5.75 Å². The highest BCUT2D eigenvalue weighted by atomic mass is 127. The molecule has 0 bridgehead atoms. The van der Waals surface area contributed by atoms with Crippen molar-refractivity contribution in [3.63, 3.8) is 0 Å². The lowest BCUT2D eigenvalue weighted by Gasteiger charge is -2.12. The van der Waals surface area contributed by atoms with Crippen LogP contribution in [0.4, 0.5) is 15.9 Å². The first-order chi connectivity index (χ1) is 12.6. The molecule has 2 aromatic carbocycles. The molecule has 0 unspecified atom stereocenters. The van der Waals surface area contributed by atoms with Crippen LogP contribution in [0.3, 0.4) is 0 Å². The zero-order valence-corrected chi connectivity index (χ0v) is 16.1. The van der Waals surface area contributed by atoms with Crippen molar-refractivity contribution in [2.45, 2.75) is 0 Å². The third-order valence-electron chi connectivity index (χ3n) is 3.65. The number of nitrogens with zero attached hydrogens (tertiary/aromatic N) is 2. The lowest BCUT2D eigenvalue weighted by Crippen LogP contribution is -2.09. The Balaban J connectivity index is 1.91. The molecule has 26 heavy (non-hydrogen) atoms. The molecule has 0 atom stereocenters. The first-order valence-electron chi connectivity index (χ1n) is 7.97. The Kier molecular flexibility index (Phi) is 6.04. The maximum atomic E-state index is 12.0. The van der Waals surface area contributed by atoms with E-state index in [9.17, 15) is 4.39 Å². The highest BCUT2D eigenvalue weighted by molar-refractivity contribution is 14.1. The SMILES string of the molecule is Nc1cc2c(N)nc(-c3cccc(I)c3)nc2cc1OCCOCCF. The van der Waals surface area contributed by atoms with E-state index in [-0.39, 0.29) is 19.8 Å². The smallest absolute Gasteiger partial charge is 0.162 e. The minimum absolute atomic E-state index is 0.0551. The third-order valence-corrected chi connectivity index (χ3v) is 4.32. The average molecular weight is 468 g/mol. The molecule has 8 heteroatoms. The summed E-state index contributed by atoms with van der Waals surface area (Å²) in [5, 5.41) is 0.665. The van der Waals surface area contributed by atoms with Crippen LogP contribution in [0.25, 0.3) is 22.3 Å². The van der Waals surface area contributed by atoms with Gasteiger partial charge in [-0.1, -0.05) is 12.1 Å². The number of nitrogen functional groups attached to an aromatic ring is 2. The van der Waals surface area contributed by atoms with E-state index in [0.29, 0.717) is 34.0 Å². The van der Waals surface area contributed by atoms with Gasteiger partial charge in [0.05, 0.1) is 24.4 Å². The van der Waals surface area contributed by atoms with Gasteiger partial charge in [0.2, 0.25) is 0 Å². The molecular weight excluding hydrogens is 450 g/mol. The van der Waals surface area contributed by atoms with Crippen molar-refractivity contribution in [2.24, 2.45) is 0 Å². The van der Waals surface area contributed by atoms with Crippen LogP contribution in [0.15, 0.2) is 36.4 Å². The maximum Gasteiger partial charge on any atom is 0.162 e. The molecular formula is C18H18FIN4O2. The molecule has 0 spiro atoms. The average Bonchev–Trinajstić information content (AvgIpc) is 2.62. The maximum absolute atomic E-state index is 12.0. The van der Waals surface area contributed by atoms with Crippen LogP contribution >= 0.6 is 22.6 Å². The predicted octanol–water partition coefficient (Wildman–Crippen LogP) is 3.43. The fraction of sp³-hybridized carbons (Fsp3) is 0.222. The van der Waals surface area contributed by atoms with Gasteiger partial charge in [-0.05, 0) is 40.8 Å². The molecule has 0 fully saturated rings. The van der Waals surface area contributed by atoms with Gasteiger partial charge >= 0.3 is 0 Å². The third kappa shape index (κ3) is 4.31. The van der Waals surface area contributed by atoms with Crippen molar-refractivity contribution in [3.05, 3.63) is 40.0 Å². The topological polar surface area (TPSA) is 96.3 Å². The lowest BCUT2D eigenvalue weighted by molar-refractivity contribution is 0.0899. The molecule has 0 amide bonds. The largest absolute Gasteiger partial charge is 0.489 e. The van der Waals surface area contributed by atoms with Crippen molar-refractivity contribution >= 4 is 45.0 Å². The second kappa shape index (κ2) is 8.45. The summed E-state index contributed by atoms with van der Waals surface area (Å²) < 4.78 is 23.8. The summed E-state index contributed by atoms with van der Waals surface area (Å²) in [6, 6.07) is 11.3. The van der Waals surface area contributed by atoms with Crippen molar-refractivity contribution in [3.8, 4) is 17.1 Å². The predicted molar refractivity (Wildman–Crippen MR) is 109 cm³/mol. The molecule has 0 saturated carbocycles. The second-order valence-corrected chi connectivity index (χ2v) is 6.75. The molecule has 6 nitrogen and oxygen atoms in total. The summed E-state index contributed by atoms with van der Waals surface area (Å²) in [7, 11) is 0. The molecule has 0 aliphatic carbocycles. The Hall–Kier alpha value is -2.20. The first-order valence-corrected chi connectivity index (χ1v) is 9.05. The van der Waals surface area contributed by atoms with E-state index in [0.717, 1.165) is 9.13 Å². The van der Waals surface area contributed by atoms with Gasteiger partial charge in [-0.3, -0.25) is 0 Å². The van der Waals surface area contributed by atoms with Crippen molar-refractivity contribution in [1.29, 1.82) is 0 Å². The molecule has 0 aliphatic rings. The minimum Gasteiger partial charge on any atom is -0.489 e. The van der Waals surface area contributed by atoms with E-state index in [2.05, 4.69) is 32.6 Å². The molecule has 4 N–H and O–H groups in total. The highest BCUT2D eigenvalue weighted by Crippen LogP contribution is 2.31. The van der Waals surface area contributed by atoms with Gasteiger partial charge in [0.1, 0.15) is 24.8 Å². The van der Waals surface area contributed by atoms with Crippen molar-refractivity contribution < 1.29 is 13.9 Å². The van der Waals surface area contributed by atoms with Crippen LogP contribution < -0.4 is 16.2 Å². The summed E-state index contributed by atoms with van der Waals surface area (Å²) in [4.78, 5) is 8.99. The lowest BCUT2D eigenvalue weighted by atomic mass is 10.1. The van der Waals surface area contributed by atoms with Gasteiger partial charge in [-0.25, -0.2) is 14.4 Å². The van der Waals surface area contributed by atoms with Crippen molar-refractivity contribution in [1.82, 2.24) is 9.97 Å². The summed E-state index contributed by atoms with van der Waals surface area (Å²) in [6.07, 6.45) is 0. The number of alkyl halides is 1. The molecule has 0 radical (unpaired) electrons. The monoisotopic (exact) mass is 468 g/mol. The van der Waals surface area contributed by atoms with E-state index in [1.807, 2.05) is 24.3 Å². The number of halogens is 2. The summed E-state index contributed by atoms with van der Waals surface area (Å²) in [6.45, 7) is 0.0795. The number of hydrogen-bond acceptors (Lipinski definition) is 6. The Morgan fingerprint density at radius 2 is 1.88 bits per heavy atom. The molecule has 3 aromatic rings. The number of aromatic nitrogens is 2. The Bertz CT molecular complexity index is 923. The van der Waals surface area contributed by atoms with E-state index in [1.54, 1.807) is 12.1 Å². The van der Waals surface area contributed by atoms with Gasteiger partial charge in [0.25, 0.3) is 0 Å². The highest BCUT2D eigenvalue weighted by Gasteiger charge is 2.11. The standard InChI is InChI=1S/C18H18FIN4O2/c19-4-5-25-6-7-26-16-10-15-13(9-14(16)21)17(22)24-18(23-15)11-2-1-3-12(20)8-11/h1-3,8-10H,4-7,21H2,(H2,22,23,24). The van der Waals surface area contributed by atoms with Gasteiger partial charge in [0.15, 0.2) is 5.82 Å². The fourth-order valence-corrected chi connectivity index (χ4v) is 2.99. The first kappa shape index (κ1) is 18.6. The molecule has 1 aromatic heterocycles. The van der Waals surface area contributed by atoms with Crippen molar-refractivity contribution in [2.75, 3.05) is 38.0 Å². The van der Waals surface area contributed by atoms with E-state index in [1.165, 1.54) is 0 Å². The molecule has 0 saturated heterocycles. The summed E-state index contributed by atoms with van der Waals surface area (Å²) in [5.41, 5.74) is 14.1. The number of nitrogens with two attached hydrogens (primary N) is 2. The quantitative estimate of drug-likeness (QED) is 0.314. The number of rotatable bonds is 7. The normalized spacial score (nSPS) is 11.0. The number of hydrogen-bond donors (Lipinski definition) is 2. The van der Waals surface area contributed by atoms with Gasteiger partial charge in [0, 0.05) is 20.6 Å². The second-order valence-electron chi connectivity index (χ2n) is 5.50. The Morgan fingerprint density at radius 3 is 2.65 bits per heavy atom. The Morgan fingerprint density at radius 1 is 1.04 bits per heavy atom. The van der Waals surface area contributed by atoms with Crippen LogP contribution in [0, 0.1) is 3.57 Å². The van der Waals surface area contributed by atoms with Gasteiger partial charge in [-0.2, -0.15) is 0 Å². The van der Waals surface area contributed by atoms with Crippen LogP contribution in [-0.2, 0) is 4.74 Å².